The Kier molecular flexibility index (Phi) is 9.26. The Morgan fingerprint density at radius 1 is 0.500 bits per heavy atom. The predicted octanol–water partition coefficient (Wildman–Crippen LogP) is 15.8. The Morgan fingerprint density at radius 2 is 0.983 bits per heavy atom. The lowest BCUT2D eigenvalue weighted by atomic mass is 9.80. The van der Waals surface area contributed by atoms with E-state index in [1.807, 2.05) is 6.08 Å². The van der Waals surface area contributed by atoms with Gasteiger partial charge in [-0.15, -0.1) is 0 Å². The van der Waals surface area contributed by atoms with E-state index >= 15 is 0 Å². The first kappa shape index (κ1) is 36.9. The minimum absolute atomic E-state index is 0.143. The lowest BCUT2D eigenvalue weighted by molar-refractivity contribution is 0.653. The van der Waals surface area contributed by atoms with E-state index in [0.29, 0.717) is 0 Å². The number of anilines is 2. The van der Waals surface area contributed by atoms with Crippen LogP contribution in [0.5, 0.6) is 0 Å². The van der Waals surface area contributed by atoms with Gasteiger partial charge in [0.05, 0.1) is 11.0 Å². The average Bonchev–Trinajstić information content (AvgIpc) is 3.74. The first-order chi connectivity index (χ1) is 29.4. The van der Waals surface area contributed by atoms with Crippen LogP contribution in [0.25, 0.3) is 66.4 Å². The molecule has 0 aliphatic heterocycles. The van der Waals surface area contributed by atoms with Crippen LogP contribution in [0.4, 0.5) is 11.4 Å². The first-order valence-electron chi connectivity index (χ1n) is 20.8. The number of rotatable bonds is 9. The van der Waals surface area contributed by atoms with Crippen LogP contribution in [0, 0.1) is 0 Å². The third kappa shape index (κ3) is 6.38. The summed E-state index contributed by atoms with van der Waals surface area (Å²) in [6, 6.07) is 72.4. The van der Waals surface area contributed by atoms with Gasteiger partial charge in [0.2, 0.25) is 0 Å². The molecule has 288 valence electrons. The van der Waals surface area contributed by atoms with Gasteiger partial charge < -0.3 is 9.47 Å². The predicted molar refractivity (Wildman–Crippen MR) is 256 cm³/mol. The number of hydrogen-bond donors (Lipinski definition) is 0. The quantitative estimate of drug-likeness (QED) is 0.133. The molecule has 8 aromatic carbocycles. The maximum atomic E-state index is 4.38. The number of benzene rings is 8. The highest BCUT2D eigenvalue weighted by Crippen LogP contribution is 2.48. The molecule has 0 bridgehead atoms. The van der Waals surface area contributed by atoms with Crippen molar-refractivity contribution >= 4 is 38.8 Å². The van der Waals surface area contributed by atoms with E-state index in [4.69, 9.17) is 0 Å². The molecule has 0 saturated carbocycles. The third-order valence-electron chi connectivity index (χ3n) is 12.4. The van der Waals surface area contributed by atoms with Crippen molar-refractivity contribution in [1.82, 2.24) is 4.57 Å². The molecule has 1 heterocycles. The molecule has 0 N–H and O–H groups in total. The summed E-state index contributed by atoms with van der Waals surface area (Å²) in [5, 5.41) is 2.53. The first-order valence-corrected chi connectivity index (χ1v) is 20.8. The second-order valence-corrected chi connectivity index (χ2v) is 16.3. The number of nitrogens with zero attached hydrogens (tertiary/aromatic N) is 2. The van der Waals surface area contributed by atoms with Gasteiger partial charge in [-0.25, -0.2) is 0 Å². The van der Waals surface area contributed by atoms with E-state index in [2.05, 4.69) is 243 Å². The van der Waals surface area contributed by atoms with Gasteiger partial charge in [0.25, 0.3) is 0 Å². The van der Waals surface area contributed by atoms with E-state index in [1.165, 1.54) is 71.9 Å². The number of hydrogen-bond acceptors (Lipinski definition) is 1. The highest BCUT2D eigenvalue weighted by Gasteiger charge is 2.35. The minimum Gasteiger partial charge on any atom is -0.311 e. The highest BCUT2D eigenvalue weighted by atomic mass is 15.1. The lowest BCUT2D eigenvalue weighted by Gasteiger charge is -2.29. The van der Waals surface area contributed by atoms with E-state index < -0.39 is 0 Å². The van der Waals surface area contributed by atoms with Crippen LogP contribution in [0.1, 0.15) is 31.9 Å². The standard InChI is InChI=1S/C58H46N2/c1-5-47(39-55-40(2)51-23-9-12-26-54(51)58(55,3)4)59(48-33-29-42(30-34-48)41-17-7-6-8-18-41)49-35-31-43(32-36-49)44-19-15-20-45(37-44)46-21-16-22-50(38-46)60-56-27-13-10-24-52(56)53-25-11-14-28-57(53)60/h5-39H,1H2,2-4H3/b47-39+. The summed E-state index contributed by atoms with van der Waals surface area (Å²) in [6.07, 6.45) is 4.34. The molecule has 2 heteroatoms. The summed E-state index contributed by atoms with van der Waals surface area (Å²) in [6.45, 7) is 11.3. The Balaban J connectivity index is 1.02. The number of para-hydroxylation sites is 2. The molecule has 0 fully saturated rings. The third-order valence-corrected chi connectivity index (χ3v) is 12.4. The monoisotopic (exact) mass is 770 g/mol. The van der Waals surface area contributed by atoms with Crippen LogP contribution in [0.3, 0.4) is 0 Å². The Labute approximate surface area is 353 Å². The van der Waals surface area contributed by atoms with Crippen molar-refractivity contribution in [2.75, 3.05) is 4.90 Å². The summed E-state index contributed by atoms with van der Waals surface area (Å²) in [5.41, 5.74) is 19.0. The molecular weight excluding hydrogens is 725 g/mol. The Morgan fingerprint density at radius 3 is 1.60 bits per heavy atom. The fourth-order valence-corrected chi connectivity index (χ4v) is 9.35. The molecule has 1 aliphatic rings. The summed E-state index contributed by atoms with van der Waals surface area (Å²) < 4.78 is 2.38. The lowest BCUT2D eigenvalue weighted by Crippen LogP contribution is -2.19. The molecule has 0 unspecified atom stereocenters. The normalized spacial score (nSPS) is 13.5. The molecule has 1 aromatic heterocycles. The zero-order chi connectivity index (χ0) is 40.8. The second-order valence-electron chi connectivity index (χ2n) is 16.3. The molecule has 9 aromatic rings. The summed E-state index contributed by atoms with van der Waals surface area (Å²) in [7, 11) is 0. The zero-order valence-electron chi connectivity index (χ0n) is 34.3. The van der Waals surface area contributed by atoms with E-state index in [-0.39, 0.29) is 5.41 Å². The number of aromatic nitrogens is 1. The number of allylic oxidation sites excluding steroid dienone is 4. The molecule has 1 aliphatic carbocycles. The van der Waals surface area contributed by atoms with Crippen LogP contribution in [-0.2, 0) is 5.41 Å². The van der Waals surface area contributed by atoms with Crippen LogP contribution in [-0.4, -0.2) is 4.57 Å². The molecule has 0 amide bonds. The molecule has 10 rings (SSSR count). The SMILES string of the molecule is C=C/C(=C\C1=C(C)c2ccccc2C1(C)C)N(c1ccc(-c2ccccc2)cc1)c1ccc(-c2cccc(-c3cccc(-n4c5ccccc5c5ccccc54)c3)c2)cc1. The largest absolute Gasteiger partial charge is 0.311 e. The van der Waals surface area contributed by atoms with Crippen molar-refractivity contribution < 1.29 is 0 Å². The van der Waals surface area contributed by atoms with Crippen molar-refractivity contribution in [3.05, 3.63) is 241 Å². The van der Waals surface area contributed by atoms with E-state index in [1.54, 1.807) is 0 Å². The summed E-state index contributed by atoms with van der Waals surface area (Å²) in [4.78, 5) is 2.33. The fraction of sp³-hybridized carbons (Fsp3) is 0.0690. The van der Waals surface area contributed by atoms with Gasteiger partial charge in [0.15, 0.2) is 0 Å². The summed E-state index contributed by atoms with van der Waals surface area (Å²) in [5.74, 6) is 0. The molecule has 0 saturated heterocycles. The Bertz CT molecular complexity index is 3070. The maximum Gasteiger partial charge on any atom is 0.0541 e. The van der Waals surface area contributed by atoms with E-state index in [0.717, 1.165) is 28.3 Å². The van der Waals surface area contributed by atoms with Gasteiger partial charge in [-0.2, -0.15) is 0 Å². The second kappa shape index (κ2) is 15.1. The van der Waals surface area contributed by atoms with Gasteiger partial charge in [-0.3, -0.25) is 0 Å². The average molecular weight is 771 g/mol. The van der Waals surface area contributed by atoms with Crippen molar-refractivity contribution in [1.29, 1.82) is 0 Å². The highest BCUT2D eigenvalue weighted by molar-refractivity contribution is 6.09. The van der Waals surface area contributed by atoms with Crippen LogP contribution >= 0.6 is 0 Å². The van der Waals surface area contributed by atoms with Gasteiger partial charge in [0, 0.05) is 38.9 Å². The van der Waals surface area contributed by atoms with Crippen molar-refractivity contribution in [2.24, 2.45) is 0 Å². The van der Waals surface area contributed by atoms with Crippen molar-refractivity contribution in [2.45, 2.75) is 26.2 Å². The van der Waals surface area contributed by atoms with Crippen LogP contribution < -0.4 is 4.90 Å². The van der Waals surface area contributed by atoms with Crippen molar-refractivity contribution in [3.63, 3.8) is 0 Å². The molecule has 60 heavy (non-hydrogen) atoms. The number of fused-ring (bicyclic) bond motifs is 4. The van der Waals surface area contributed by atoms with Crippen molar-refractivity contribution in [3.8, 4) is 39.1 Å². The van der Waals surface area contributed by atoms with Gasteiger partial charge in [0.1, 0.15) is 0 Å². The minimum atomic E-state index is -0.143. The van der Waals surface area contributed by atoms with E-state index in [9.17, 15) is 0 Å². The molecule has 0 radical (unpaired) electrons. The fourth-order valence-electron chi connectivity index (χ4n) is 9.35. The topological polar surface area (TPSA) is 8.17 Å². The maximum absolute atomic E-state index is 4.38. The van der Waals surface area contributed by atoms with Gasteiger partial charge in [-0.1, -0.05) is 166 Å². The van der Waals surface area contributed by atoms with Gasteiger partial charge >= 0.3 is 0 Å². The van der Waals surface area contributed by atoms with Crippen LogP contribution in [0.2, 0.25) is 0 Å². The zero-order valence-corrected chi connectivity index (χ0v) is 34.3. The summed E-state index contributed by atoms with van der Waals surface area (Å²) >= 11 is 0. The smallest absolute Gasteiger partial charge is 0.0541 e. The van der Waals surface area contributed by atoms with Gasteiger partial charge in [-0.05, 0) is 129 Å². The molecule has 0 spiro atoms. The molecular formula is C58H46N2. The molecule has 0 atom stereocenters. The Hall–Kier alpha value is -7.42. The van der Waals surface area contributed by atoms with Crippen LogP contribution in [0.15, 0.2) is 230 Å². The molecule has 2 nitrogen and oxygen atoms in total.